The summed E-state index contributed by atoms with van der Waals surface area (Å²) in [5, 5.41) is 44.4. The third kappa shape index (κ3) is 2.65. The predicted molar refractivity (Wildman–Crippen MR) is 43.7 cm³/mol. The van der Waals surface area contributed by atoms with Gasteiger partial charge in [0.15, 0.2) is 12.4 Å². The van der Waals surface area contributed by atoms with Crippen molar-refractivity contribution in [2.24, 2.45) is 0 Å². The van der Waals surface area contributed by atoms with Crippen molar-refractivity contribution in [3.63, 3.8) is 0 Å². The van der Waals surface area contributed by atoms with Crippen molar-refractivity contribution < 1.29 is 35.1 Å². The first kappa shape index (κ1) is 14.3. The summed E-state index contributed by atoms with van der Waals surface area (Å²) in [6.45, 7) is 0. The Morgan fingerprint density at radius 1 is 1.00 bits per heavy atom. The molecule has 0 bridgehead atoms. The van der Waals surface area contributed by atoms with Gasteiger partial charge in [0, 0.05) is 0 Å². The van der Waals surface area contributed by atoms with Crippen LogP contribution in [0.3, 0.4) is 0 Å². The van der Waals surface area contributed by atoms with E-state index in [1.54, 1.807) is 0 Å². The molecule has 0 aromatic carbocycles. The maximum atomic E-state index is 10.4. The van der Waals surface area contributed by atoms with E-state index in [1.165, 1.54) is 0 Å². The van der Waals surface area contributed by atoms with Gasteiger partial charge in [-0.25, -0.2) is 4.79 Å². The Kier molecular flexibility index (Phi) is 5.48. The molecule has 0 aromatic heterocycles. The fourth-order valence-corrected chi connectivity index (χ4v) is 1.07. The van der Waals surface area contributed by atoms with E-state index in [1.807, 2.05) is 0 Å². The molecule has 0 radical (unpaired) electrons. The number of carbonyl (C=O) groups is 1. The van der Waals surface area contributed by atoms with Crippen LogP contribution in [0.1, 0.15) is 0 Å². The summed E-state index contributed by atoms with van der Waals surface area (Å²) < 4.78 is 4.34. The van der Waals surface area contributed by atoms with Gasteiger partial charge in [-0.15, -0.1) is 0 Å². The third-order valence-electron chi connectivity index (χ3n) is 1.83. The Labute approximate surface area is 101 Å². The van der Waals surface area contributed by atoms with Gasteiger partial charge in [0.25, 0.3) is 0 Å². The van der Waals surface area contributed by atoms with E-state index >= 15 is 0 Å². The standard InChI is InChI=1S/C6H10O7.Na.H/c7-1-2(8)4(5(10)11)13-6(12)3(1)9;;/h1-4,6-9,12H,(H,10,11);;/t1-,2-,3-,4-,6+;;/m0../s1. The molecule has 1 fully saturated rings. The Balaban J connectivity index is 0.00000169. The topological polar surface area (TPSA) is 127 Å². The number of rotatable bonds is 1. The van der Waals surface area contributed by atoms with Crippen molar-refractivity contribution in [2.75, 3.05) is 0 Å². The van der Waals surface area contributed by atoms with Crippen molar-refractivity contribution in [3.8, 4) is 0 Å². The molecule has 1 rings (SSSR count). The van der Waals surface area contributed by atoms with Crippen LogP contribution in [-0.4, -0.2) is 91.8 Å². The average Bonchev–Trinajstić information content (AvgIpc) is 2.07. The fourth-order valence-electron chi connectivity index (χ4n) is 1.07. The van der Waals surface area contributed by atoms with Crippen LogP contribution < -0.4 is 0 Å². The number of carboxylic acids is 1. The van der Waals surface area contributed by atoms with Gasteiger partial charge in [0.05, 0.1) is 0 Å². The van der Waals surface area contributed by atoms with Gasteiger partial charge in [-0.2, -0.15) is 0 Å². The second-order valence-corrected chi connectivity index (χ2v) is 2.76. The van der Waals surface area contributed by atoms with Crippen LogP contribution in [0.5, 0.6) is 0 Å². The molecule has 1 heterocycles. The molecule has 14 heavy (non-hydrogen) atoms. The summed E-state index contributed by atoms with van der Waals surface area (Å²) in [6.07, 6.45) is -8.72. The monoisotopic (exact) mass is 218 g/mol. The van der Waals surface area contributed by atoms with Gasteiger partial charge < -0.3 is 30.3 Å². The molecule has 8 heteroatoms. The maximum absolute atomic E-state index is 10.4. The minimum atomic E-state index is -1.81. The molecule has 0 saturated carbocycles. The SMILES string of the molecule is O=C(O)[C@H]1O[C@@H](O)[C@@H](O)[C@@H](O)[C@@H]1O.[NaH]. The van der Waals surface area contributed by atoms with Crippen LogP contribution in [0, 0.1) is 0 Å². The van der Waals surface area contributed by atoms with Crippen LogP contribution in [0.15, 0.2) is 0 Å². The van der Waals surface area contributed by atoms with Gasteiger partial charge in [-0.3, -0.25) is 0 Å². The molecule has 0 aliphatic carbocycles. The summed E-state index contributed by atoms with van der Waals surface area (Å²) in [5.74, 6) is -1.52. The van der Waals surface area contributed by atoms with E-state index in [2.05, 4.69) is 4.74 Å². The molecule has 1 saturated heterocycles. The predicted octanol–water partition coefficient (Wildman–Crippen LogP) is -3.78. The number of hydrogen-bond acceptors (Lipinski definition) is 6. The van der Waals surface area contributed by atoms with Crippen LogP contribution >= 0.6 is 0 Å². The number of ether oxygens (including phenoxy) is 1. The van der Waals surface area contributed by atoms with Crippen molar-refractivity contribution in [1.82, 2.24) is 0 Å². The Bertz CT molecular complexity index is 210. The molecule has 5 atom stereocenters. The van der Waals surface area contributed by atoms with Crippen molar-refractivity contribution in [1.29, 1.82) is 0 Å². The molecule has 1 aliphatic heterocycles. The molecule has 0 amide bonds. The van der Waals surface area contributed by atoms with E-state index in [9.17, 15) is 4.79 Å². The van der Waals surface area contributed by atoms with E-state index in [0.29, 0.717) is 0 Å². The second kappa shape index (κ2) is 5.38. The van der Waals surface area contributed by atoms with E-state index < -0.39 is 36.7 Å². The molecule has 0 unspecified atom stereocenters. The molecule has 7 nitrogen and oxygen atoms in total. The van der Waals surface area contributed by atoms with E-state index in [-0.39, 0.29) is 29.6 Å². The number of aliphatic hydroxyl groups is 4. The zero-order chi connectivity index (χ0) is 10.2. The summed E-state index contributed by atoms with van der Waals surface area (Å²) in [7, 11) is 0. The molecule has 0 aromatic rings. The molecule has 5 N–H and O–H groups in total. The fraction of sp³-hybridized carbons (Fsp3) is 0.833. The molecule has 0 spiro atoms. The number of aliphatic hydroxyl groups excluding tert-OH is 4. The van der Waals surface area contributed by atoms with Crippen LogP contribution in [0.4, 0.5) is 0 Å². The summed E-state index contributed by atoms with van der Waals surface area (Å²) in [6, 6.07) is 0. The Hall–Kier alpha value is 0.270. The van der Waals surface area contributed by atoms with Crippen molar-refractivity contribution >= 4 is 35.5 Å². The van der Waals surface area contributed by atoms with E-state index in [4.69, 9.17) is 25.5 Å². The van der Waals surface area contributed by atoms with Crippen LogP contribution in [-0.2, 0) is 9.53 Å². The van der Waals surface area contributed by atoms with Crippen LogP contribution in [0.2, 0.25) is 0 Å². The van der Waals surface area contributed by atoms with Crippen molar-refractivity contribution in [3.05, 3.63) is 0 Å². The quantitative estimate of drug-likeness (QED) is 0.286. The number of carboxylic acid groups (broad SMARTS) is 1. The van der Waals surface area contributed by atoms with E-state index in [0.717, 1.165) is 0 Å². The summed E-state index contributed by atoms with van der Waals surface area (Å²) >= 11 is 0. The first-order valence-corrected chi connectivity index (χ1v) is 3.55. The van der Waals surface area contributed by atoms with Gasteiger partial charge in [-0.05, 0) is 0 Å². The average molecular weight is 218 g/mol. The van der Waals surface area contributed by atoms with Crippen LogP contribution in [0.25, 0.3) is 0 Å². The van der Waals surface area contributed by atoms with Gasteiger partial charge in [-0.1, -0.05) is 0 Å². The normalized spacial score (nSPS) is 42.7. The van der Waals surface area contributed by atoms with Crippen molar-refractivity contribution in [2.45, 2.75) is 30.7 Å². The molecular weight excluding hydrogens is 207 g/mol. The summed E-state index contributed by atoms with van der Waals surface area (Å²) in [4.78, 5) is 10.4. The zero-order valence-corrected chi connectivity index (χ0v) is 6.44. The Morgan fingerprint density at radius 3 is 1.93 bits per heavy atom. The van der Waals surface area contributed by atoms with Gasteiger partial charge in [0.2, 0.25) is 0 Å². The first-order chi connectivity index (χ1) is 5.95. The molecular formula is C6H11NaO7. The Morgan fingerprint density at radius 2 is 1.50 bits per heavy atom. The van der Waals surface area contributed by atoms with Gasteiger partial charge in [0.1, 0.15) is 18.3 Å². The molecule has 1 aliphatic rings. The second-order valence-electron chi connectivity index (χ2n) is 2.76. The van der Waals surface area contributed by atoms with Gasteiger partial charge >= 0.3 is 35.5 Å². The first-order valence-electron chi connectivity index (χ1n) is 3.55. The zero-order valence-electron chi connectivity index (χ0n) is 6.44. The number of aliphatic carboxylic acids is 1. The third-order valence-corrected chi connectivity index (χ3v) is 1.83. The molecule has 78 valence electrons. The minimum absolute atomic E-state index is 0. The summed E-state index contributed by atoms with van der Waals surface area (Å²) in [5.41, 5.74) is 0. The number of hydrogen-bond donors (Lipinski definition) is 5.